The number of rotatable bonds is 7. The van der Waals surface area contributed by atoms with Crippen molar-refractivity contribution in [3.63, 3.8) is 0 Å². The standard InChI is InChI=1S/C9H17NO3/c1-3-7(4-2)8(10-6-11)5-9(12)13/h6-8H,3-5H2,1-2H3,(H,10,11)(H,12,13)/t8-/m1/s1. The highest BCUT2D eigenvalue weighted by atomic mass is 16.4. The Morgan fingerprint density at radius 1 is 1.46 bits per heavy atom. The Morgan fingerprint density at radius 3 is 2.31 bits per heavy atom. The van der Waals surface area contributed by atoms with Gasteiger partial charge in [0.15, 0.2) is 0 Å². The number of nitrogens with one attached hydrogen (secondary N) is 1. The van der Waals surface area contributed by atoms with Gasteiger partial charge in [0.25, 0.3) is 0 Å². The van der Waals surface area contributed by atoms with Crippen molar-refractivity contribution in [1.82, 2.24) is 5.32 Å². The van der Waals surface area contributed by atoms with E-state index in [1.165, 1.54) is 0 Å². The fraction of sp³-hybridized carbons (Fsp3) is 0.778. The number of aliphatic carboxylic acids is 1. The highest BCUT2D eigenvalue weighted by Gasteiger charge is 2.20. The van der Waals surface area contributed by atoms with Crippen LogP contribution >= 0.6 is 0 Å². The van der Waals surface area contributed by atoms with E-state index >= 15 is 0 Å². The molecule has 0 saturated carbocycles. The summed E-state index contributed by atoms with van der Waals surface area (Å²) in [7, 11) is 0. The smallest absolute Gasteiger partial charge is 0.305 e. The maximum absolute atomic E-state index is 10.5. The third-order valence-corrected chi connectivity index (χ3v) is 2.29. The average molecular weight is 187 g/mol. The second kappa shape index (κ2) is 6.46. The average Bonchev–Trinajstić information content (AvgIpc) is 2.05. The van der Waals surface area contributed by atoms with Crippen molar-refractivity contribution in [2.75, 3.05) is 0 Å². The topological polar surface area (TPSA) is 66.4 Å². The van der Waals surface area contributed by atoms with Gasteiger partial charge in [-0.05, 0) is 5.92 Å². The van der Waals surface area contributed by atoms with Crippen LogP contribution in [0.25, 0.3) is 0 Å². The van der Waals surface area contributed by atoms with Crippen LogP contribution in [0.15, 0.2) is 0 Å². The summed E-state index contributed by atoms with van der Waals surface area (Å²) in [5, 5.41) is 11.1. The molecule has 1 amide bonds. The van der Waals surface area contributed by atoms with Crippen LogP contribution in [-0.2, 0) is 9.59 Å². The van der Waals surface area contributed by atoms with Gasteiger partial charge < -0.3 is 10.4 Å². The predicted octanol–water partition coefficient (Wildman–Crippen LogP) is 1.01. The first-order valence-corrected chi connectivity index (χ1v) is 4.57. The molecule has 0 unspecified atom stereocenters. The lowest BCUT2D eigenvalue weighted by molar-refractivity contribution is -0.138. The molecule has 4 heteroatoms. The number of amides is 1. The molecule has 2 N–H and O–H groups in total. The molecule has 1 atom stereocenters. The van der Waals surface area contributed by atoms with E-state index in [9.17, 15) is 9.59 Å². The summed E-state index contributed by atoms with van der Waals surface area (Å²) in [5.74, 6) is -0.618. The quantitative estimate of drug-likeness (QED) is 0.584. The Morgan fingerprint density at radius 2 is 2.00 bits per heavy atom. The Labute approximate surface area is 78.3 Å². The lowest BCUT2D eigenvalue weighted by Crippen LogP contribution is -2.36. The van der Waals surface area contributed by atoms with Crippen LogP contribution in [0, 0.1) is 5.92 Å². The third kappa shape index (κ3) is 4.50. The summed E-state index contributed by atoms with van der Waals surface area (Å²) in [5.41, 5.74) is 0. The van der Waals surface area contributed by atoms with Crippen LogP contribution in [0.5, 0.6) is 0 Å². The molecule has 4 nitrogen and oxygen atoms in total. The maximum atomic E-state index is 10.5. The van der Waals surface area contributed by atoms with Gasteiger partial charge in [0.05, 0.1) is 6.42 Å². The molecule has 0 spiro atoms. The van der Waals surface area contributed by atoms with E-state index in [-0.39, 0.29) is 18.4 Å². The molecule has 0 aromatic heterocycles. The van der Waals surface area contributed by atoms with Crippen molar-refractivity contribution in [2.24, 2.45) is 5.92 Å². The molecule has 0 rings (SSSR count). The van der Waals surface area contributed by atoms with E-state index in [0.717, 1.165) is 12.8 Å². The first kappa shape index (κ1) is 11.9. The van der Waals surface area contributed by atoms with Crippen molar-refractivity contribution in [2.45, 2.75) is 39.2 Å². The fourth-order valence-corrected chi connectivity index (χ4v) is 1.49. The minimum atomic E-state index is -0.869. The number of carbonyl (C=O) groups is 2. The predicted molar refractivity (Wildman–Crippen MR) is 49.3 cm³/mol. The zero-order chi connectivity index (χ0) is 10.3. The van der Waals surface area contributed by atoms with Gasteiger partial charge in [-0.2, -0.15) is 0 Å². The van der Waals surface area contributed by atoms with Gasteiger partial charge in [-0.1, -0.05) is 26.7 Å². The van der Waals surface area contributed by atoms with Crippen LogP contribution in [0.2, 0.25) is 0 Å². The van der Waals surface area contributed by atoms with Gasteiger partial charge in [-0.25, -0.2) is 0 Å². The summed E-state index contributed by atoms with van der Waals surface area (Å²) >= 11 is 0. The number of hydrogen-bond donors (Lipinski definition) is 2. The van der Waals surface area contributed by atoms with Crippen molar-refractivity contribution in [3.8, 4) is 0 Å². The van der Waals surface area contributed by atoms with Gasteiger partial charge in [0.1, 0.15) is 0 Å². The molecule has 0 saturated heterocycles. The van der Waals surface area contributed by atoms with E-state index in [1.807, 2.05) is 13.8 Å². The van der Waals surface area contributed by atoms with Crippen molar-refractivity contribution in [3.05, 3.63) is 0 Å². The second-order valence-electron chi connectivity index (χ2n) is 3.07. The molecule has 0 radical (unpaired) electrons. The van der Waals surface area contributed by atoms with Crippen molar-refractivity contribution < 1.29 is 14.7 Å². The molecule has 0 aromatic rings. The van der Waals surface area contributed by atoms with Crippen LogP contribution in [-0.4, -0.2) is 23.5 Å². The molecule has 13 heavy (non-hydrogen) atoms. The molecule has 0 aromatic carbocycles. The Bertz CT molecular complexity index is 166. The largest absolute Gasteiger partial charge is 0.481 e. The molecular weight excluding hydrogens is 170 g/mol. The van der Waals surface area contributed by atoms with E-state index in [2.05, 4.69) is 5.32 Å². The third-order valence-electron chi connectivity index (χ3n) is 2.29. The normalized spacial score (nSPS) is 12.5. The van der Waals surface area contributed by atoms with Gasteiger partial charge in [0.2, 0.25) is 6.41 Å². The summed E-state index contributed by atoms with van der Waals surface area (Å²) in [4.78, 5) is 20.7. The van der Waals surface area contributed by atoms with Crippen LogP contribution in [0.3, 0.4) is 0 Å². The minimum absolute atomic E-state index is 0.00505. The first-order chi connectivity index (χ1) is 6.15. The molecule has 0 heterocycles. The summed E-state index contributed by atoms with van der Waals surface area (Å²) in [6.07, 6.45) is 2.35. The van der Waals surface area contributed by atoms with Gasteiger partial charge in [-0.3, -0.25) is 9.59 Å². The van der Waals surface area contributed by atoms with E-state index in [0.29, 0.717) is 6.41 Å². The maximum Gasteiger partial charge on any atom is 0.305 e. The number of hydrogen-bond acceptors (Lipinski definition) is 2. The molecule has 0 aliphatic rings. The number of carbonyl (C=O) groups excluding carboxylic acids is 1. The Hall–Kier alpha value is -1.06. The van der Waals surface area contributed by atoms with Crippen LogP contribution in [0.4, 0.5) is 0 Å². The highest BCUT2D eigenvalue weighted by Crippen LogP contribution is 2.15. The first-order valence-electron chi connectivity index (χ1n) is 4.57. The van der Waals surface area contributed by atoms with E-state index < -0.39 is 5.97 Å². The van der Waals surface area contributed by atoms with Crippen LogP contribution < -0.4 is 5.32 Å². The SMILES string of the molecule is CCC(CC)[C@@H](CC(=O)O)NC=O. The van der Waals surface area contributed by atoms with E-state index in [1.54, 1.807) is 0 Å². The summed E-state index contributed by atoms with van der Waals surface area (Å²) in [6, 6.07) is -0.231. The molecule has 0 bridgehead atoms. The van der Waals surface area contributed by atoms with Gasteiger partial charge in [-0.15, -0.1) is 0 Å². The Kier molecular flexibility index (Phi) is 5.93. The molecule has 0 aliphatic heterocycles. The second-order valence-corrected chi connectivity index (χ2v) is 3.07. The summed E-state index contributed by atoms with van der Waals surface area (Å²) < 4.78 is 0. The Balaban J connectivity index is 4.18. The van der Waals surface area contributed by atoms with E-state index in [4.69, 9.17) is 5.11 Å². The molecule has 0 aliphatic carbocycles. The van der Waals surface area contributed by atoms with Crippen molar-refractivity contribution >= 4 is 12.4 Å². The zero-order valence-electron chi connectivity index (χ0n) is 8.12. The van der Waals surface area contributed by atoms with Crippen molar-refractivity contribution in [1.29, 1.82) is 0 Å². The molecular formula is C9H17NO3. The van der Waals surface area contributed by atoms with Gasteiger partial charge >= 0.3 is 5.97 Å². The molecule has 76 valence electrons. The lowest BCUT2D eigenvalue weighted by atomic mass is 9.92. The van der Waals surface area contributed by atoms with Crippen LogP contribution in [0.1, 0.15) is 33.1 Å². The highest BCUT2D eigenvalue weighted by molar-refractivity contribution is 5.68. The zero-order valence-corrected chi connectivity index (χ0v) is 8.12. The number of carboxylic acids is 1. The monoisotopic (exact) mass is 187 g/mol. The van der Waals surface area contributed by atoms with Gasteiger partial charge in [0, 0.05) is 6.04 Å². The lowest BCUT2D eigenvalue weighted by Gasteiger charge is -2.22. The molecule has 0 fully saturated rings. The fourth-order valence-electron chi connectivity index (χ4n) is 1.49. The summed E-state index contributed by atoms with van der Waals surface area (Å²) in [6.45, 7) is 3.99. The number of carboxylic acid groups (broad SMARTS) is 1. The minimum Gasteiger partial charge on any atom is -0.481 e.